The van der Waals surface area contributed by atoms with E-state index in [2.05, 4.69) is 10.3 Å². The molecule has 4 rings (SSSR count). The summed E-state index contributed by atoms with van der Waals surface area (Å²) < 4.78 is 1.50. The van der Waals surface area contributed by atoms with E-state index in [-0.39, 0.29) is 18.0 Å². The minimum absolute atomic E-state index is 0.0222. The summed E-state index contributed by atoms with van der Waals surface area (Å²) in [6.45, 7) is 5.77. The third kappa shape index (κ3) is 3.18. The maximum Gasteiger partial charge on any atom is 0.263 e. The molecule has 0 aliphatic heterocycles. The molecule has 5 nitrogen and oxygen atoms in total. The number of thiophene rings is 1. The molecule has 2 heterocycles. The molecule has 1 N–H and O–H groups in total. The molecule has 2 aromatic heterocycles. The molecule has 1 amide bonds. The van der Waals surface area contributed by atoms with E-state index < -0.39 is 0 Å². The van der Waals surface area contributed by atoms with Crippen LogP contribution in [-0.2, 0) is 24.2 Å². The fourth-order valence-electron chi connectivity index (χ4n) is 3.75. The fraction of sp³-hybridized carbons (Fsp3) is 0.381. The molecule has 27 heavy (non-hydrogen) atoms. The quantitative estimate of drug-likeness (QED) is 0.748. The lowest BCUT2D eigenvalue weighted by molar-refractivity contribution is -0.116. The van der Waals surface area contributed by atoms with Gasteiger partial charge in [0.2, 0.25) is 5.91 Å². The highest BCUT2D eigenvalue weighted by Crippen LogP contribution is 2.33. The van der Waals surface area contributed by atoms with Crippen molar-refractivity contribution < 1.29 is 4.79 Å². The third-order valence-electron chi connectivity index (χ3n) is 5.45. The van der Waals surface area contributed by atoms with Gasteiger partial charge >= 0.3 is 0 Å². The van der Waals surface area contributed by atoms with Crippen LogP contribution >= 0.6 is 11.3 Å². The Morgan fingerprint density at radius 3 is 2.81 bits per heavy atom. The van der Waals surface area contributed by atoms with Crippen LogP contribution in [-0.4, -0.2) is 15.5 Å². The number of anilines is 1. The Morgan fingerprint density at radius 2 is 2.00 bits per heavy atom. The second-order valence-corrected chi connectivity index (χ2v) is 8.32. The van der Waals surface area contributed by atoms with Crippen molar-refractivity contribution in [2.24, 2.45) is 0 Å². The van der Waals surface area contributed by atoms with Crippen molar-refractivity contribution in [1.29, 1.82) is 0 Å². The van der Waals surface area contributed by atoms with Crippen LogP contribution in [0.4, 0.5) is 5.69 Å². The first-order chi connectivity index (χ1) is 13.0. The van der Waals surface area contributed by atoms with Gasteiger partial charge in [0.25, 0.3) is 5.56 Å². The van der Waals surface area contributed by atoms with Gasteiger partial charge in [-0.05, 0) is 69.2 Å². The second kappa shape index (κ2) is 6.93. The third-order valence-corrected chi connectivity index (χ3v) is 6.63. The van der Waals surface area contributed by atoms with Gasteiger partial charge in [0.15, 0.2) is 0 Å². The smallest absolute Gasteiger partial charge is 0.263 e. The van der Waals surface area contributed by atoms with Gasteiger partial charge in [-0.2, -0.15) is 0 Å². The number of carbonyl (C=O) groups excluding carboxylic acids is 1. The average molecular weight is 382 g/mol. The van der Waals surface area contributed by atoms with Gasteiger partial charge in [0.1, 0.15) is 17.2 Å². The molecule has 0 bridgehead atoms. The number of hydrogen-bond acceptors (Lipinski definition) is 4. The van der Waals surface area contributed by atoms with E-state index in [0.717, 1.165) is 51.9 Å². The van der Waals surface area contributed by atoms with Crippen LogP contribution in [0, 0.1) is 20.8 Å². The van der Waals surface area contributed by atoms with E-state index in [0.29, 0.717) is 5.82 Å². The average Bonchev–Trinajstić information content (AvgIpc) is 3.00. The van der Waals surface area contributed by atoms with Crippen molar-refractivity contribution in [3.05, 3.63) is 55.9 Å². The minimum Gasteiger partial charge on any atom is -0.324 e. The molecule has 0 fully saturated rings. The molecule has 3 aromatic rings. The lowest BCUT2D eigenvalue weighted by Gasteiger charge is -2.13. The van der Waals surface area contributed by atoms with Gasteiger partial charge in [0.05, 0.1) is 5.39 Å². The normalized spacial score (nSPS) is 13.6. The molecule has 0 radical (unpaired) electrons. The van der Waals surface area contributed by atoms with Gasteiger partial charge < -0.3 is 5.32 Å². The van der Waals surface area contributed by atoms with Crippen LogP contribution in [0.25, 0.3) is 10.2 Å². The van der Waals surface area contributed by atoms with Crippen molar-refractivity contribution in [3.8, 4) is 0 Å². The number of fused-ring (bicyclic) bond motifs is 3. The summed E-state index contributed by atoms with van der Waals surface area (Å²) >= 11 is 1.64. The highest BCUT2D eigenvalue weighted by Gasteiger charge is 2.22. The van der Waals surface area contributed by atoms with E-state index in [9.17, 15) is 9.59 Å². The predicted molar refractivity (Wildman–Crippen MR) is 110 cm³/mol. The van der Waals surface area contributed by atoms with Crippen LogP contribution < -0.4 is 10.9 Å². The Bertz CT molecular complexity index is 1110. The van der Waals surface area contributed by atoms with Gasteiger partial charge in [0, 0.05) is 10.6 Å². The summed E-state index contributed by atoms with van der Waals surface area (Å²) in [5, 5.41) is 3.66. The topological polar surface area (TPSA) is 64.0 Å². The number of hydrogen-bond donors (Lipinski definition) is 1. The zero-order valence-corrected chi connectivity index (χ0v) is 16.7. The lowest BCUT2D eigenvalue weighted by atomic mass is 9.97. The maximum atomic E-state index is 13.1. The summed E-state index contributed by atoms with van der Waals surface area (Å²) in [4.78, 5) is 32.5. The number of rotatable bonds is 3. The predicted octanol–water partition coefficient (Wildman–Crippen LogP) is 3.90. The first-order valence-electron chi connectivity index (χ1n) is 9.33. The Labute approximate surface area is 162 Å². The molecule has 0 atom stereocenters. The van der Waals surface area contributed by atoms with E-state index in [4.69, 9.17) is 0 Å². The van der Waals surface area contributed by atoms with E-state index in [1.807, 2.05) is 32.0 Å². The second-order valence-electron chi connectivity index (χ2n) is 7.24. The van der Waals surface area contributed by atoms with Crippen LogP contribution in [0.2, 0.25) is 0 Å². The number of benzene rings is 1. The molecule has 0 unspecified atom stereocenters. The summed E-state index contributed by atoms with van der Waals surface area (Å²) in [6.07, 6.45) is 4.25. The molecular formula is C21H23N3O2S. The largest absolute Gasteiger partial charge is 0.324 e. The Kier molecular flexibility index (Phi) is 4.60. The highest BCUT2D eigenvalue weighted by atomic mass is 32.1. The van der Waals surface area contributed by atoms with Crippen molar-refractivity contribution in [3.63, 3.8) is 0 Å². The van der Waals surface area contributed by atoms with E-state index in [1.165, 1.54) is 15.9 Å². The number of amides is 1. The minimum atomic E-state index is -0.209. The number of aromatic nitrogens is 2. The lowest BCUT2D eigenvalue weighted by Crippen LogP contribution is -2.30. The number of nitrogens with zero attached hydrogens (tertiary/aromatic N) is 2. The van der Waals surface area contributed by atoms with E-state index >= 15 is 0 Å². The van der Waals surface area contributed by atoms with Crippen molar-refractivity contribution in [1.82, 2.24) is 9.55 Å². The molecule has 1 aromatic carbocycles. The molecule has 1 aliphatic rings. The molecule has 140 valence electrons. The summed E-state index contributed by atoms with van der Waals surface area (Å²) in [5.41, 5.74) is 4.01. The number of carbonyl (C=O) groups is 1. The SMILES string of the molecule is Cc1cccc(NC(=O)Cn2c(C)nc3sc4c(c3c2=O)CCCC4)c1C. The number of nitrogens with one attached hydrogen (secondary N) is 1. The van der Waals surface area contributed by atoms with Crippen LogP contribution in [0.1, 0.15) is 40.2 Å². The van der Waals surface area contributed by atoms with Gasteiger partial charge in [-0.15, -0.1) is 11.3 Å². The maximum absolute atomic E-state index is 13.1. The fourth-order valence-corrected chi connectivity index (χ4v) is 5.04. The van der Waals surface area contributed by atoms with Crippen molar-refractivity contribution >= 4 is 33.1 Å². The molecular weight excluding hydrogens is 358 g/mol. The molecule has 6 heteroatoms. The molecule has 1 aliphatic carbocycles. The number of aryl methyl sites for hydroxylation is 4. The monoisotopic (exact) mass is 381 g/mol. The standard InChI is InChI=1S/C21H23N3O2S/c1-12-7-6-9-16(13(12)2)23-18(25)11-24-14(3)22-20-19(21(24)26)15-8-4-5-10-17(15)27-20/h6-7,9H,4-5,8,10-11H2,1-3H3,(H,23,25). The Morgan fingerprint density at radius 1 is 1.22 bits per heavy atom. The van der Waals surface area contributed by atoms with Crippen LogP contribution in [0.3, 0.4) is 0 Å². The molecule has 0 saturated heterocycles. The zero-order chi connectivity index (χ0) is 19.1. The first-order valence-corrected chi connectivity index (χ1v) is 10.1. The van der Waals surface area contributed by atoms with Crippen molar-refractivity contribution in [2.75, 3.05) is 5.32 Å². The summed E-state index contributed by atoms with van der Waals surface area (Å²) in [5.74, 6) is 0.376. The Balaban J connectivity index is 1.68. The van der Waals surface area contributed by atoms with Crippen LogP contribution in [0.15, 0.2) is 23.0 Å². The summed E-state index contributed by atoms with van der Waals surface area (Å²) in [6, 6.07) is 5.81. The Hall–Kier alpha value is -2.47. The summed E-state index contributed by atoms with van der Waals surface area (Å²) in [7, 11) is 0. The first kappa shape index (κ1) is 17.9. The van der Waals surface area contributed by atoms with Gasteiger partial charge in [-0.1, -0.05) is 12.1 Å². The zero-order valence-electron chi connectivity index (χ0n) is 15.9. The van der Waals surface area contributed by atoms with Gasteiger partial charge in [-0.3, -0.25) is 14.2 Å². The van der Waals surface area contributed by atoms with Crippen molar-refractivity contribution in [2.45, 2.75) is 53.0 Å². The molecule has 0 saturated carbocycles. The highest BCUT2D eigenvalue weighted by molar-refractivity contribution is 7.18. The van der Waals surface area contributed by atoms with E-state index in [1.54, 1.807) is 18.3 Å². The van der Waals surface area contributed by atoms with Crippen LogP contribution in [0.5, 0.6) is 0 Å². The molecule has 0 spiro atoms. The van der Waals surface area contributed by atoms with Gasteiger partial charge in [-0.25, -0.2) is 4.98 Å².